The van der Waals surface area contributed by atoms with Crippen LogP contribution in [0.3, 0.4) is 0 Å². The summed E-state index contributed by atoms with van der Waals surface area (Å²) in [6.45, 7) is 1.86. The molecule has 0 spiro atoms. The molecule has 2 fully saturated rings. The zero-order chi connectivity index (χ0) is 22.8. The summed E-state index contributed by atoms with van der Waals surface area (Å²) in [7, 11) is 1.59. The Morgan fingerprint density at radius 1 is 1.15 bits per heavy atom. The minimum absolute atomic E-state index is 0.0697. The maximum absolute atomic E-state index is 15.0. The number of ether oxygens (including phenoxy) is 3. The van der Waals surface area contributed by atoms with E-state index in [0.29, 0.717) is 43.9 Å². The standard InChI is InChI=1S/C26H27FN2O4/c1-31-25-20(8-6-17-4-2-12-28-24(17)25)18-7-9-22(21(27)16-18)33-19-10-13-29(14-11-19)26(30)23-5-3-15-32-23/h2,4,6-9,12,16,19,23H,3,5,10-11,13-15H2,1H3/t23-/m1/s1. The first kappa shape index (κ1) is 21.6. The van der Waals surface area contributed by atoms with E-state index in [2.05, 4.69) is 4.98 Å². The van der Waals surface area contributed by atoms with Crippen molar-refractivity contribution in [3.05, 3.63) is 54.5 Å². The van der Waals surface area contributed by atoms with E-state index in [0.717, 1.165) is 29.3 Å². The third-order valence-corrected chi connectivity index (χ3v) is 6.43. The second-order valence-electron chi connectivity index (χ2n) is 8.51. The van der Waals surface area contributed by atoms with Gasteiger partial charge in [0.25, 0.3) is 5.91 Å². The lowest BCUT2D eigenvalue weighted by atomic mass is 10.0. The number of hydrogen-bond acceptors (Lipinski definition) is 5. The van der Waals surface area contributed by atoms with E-state index in [9.17, 15) is 9.18 Å². The predicted octanol–water partition coefficient (Wildman–Crippen LogP) is 4.60. The van der Waals surface area contributed by atoms with Crippen LogP contribution >= 0.6 is 0 Å². The molecule has 2 aliphatic heterocycles. The molecule has 0 saturated carbocycles. The van der Waals surface area contributed by atoms with E-state index in [1.807, 2.05) is 35.2 Å². The minimum Gasteiger partial charge on any atom is -0.494 e. The van der Waals surface area contributed by atoms with Gasteiger partial charge in [0.15, 0.2) is 17.3 Å². The van der Waals surface area contributed by atoms with Crippen molar-refractivity contribution in [3.8, 4) is 22.6 Å². The molecule has 1 atom stereocenters. The Bertz CT molecular complexity index is 1150. The van der Waals surface area contributed by atoms with Gasteiger partial charge in [-0.05, 0) is 42.7 Å². The van der Waals surface area contributed by atoms with Gasteiger partial charge in [0, 0.05) is 49.7 Å². The highest BCUT2D eigenvalue weighted by atomic mass is 19.1. The number of methoxy groups -OCH3 is 1. The Morgan fingerprint density at radius 2 is 2.00 bits per heavy atom. The quantitative estimate of drug-likeness (QED) is 0.569. The fourth-order valence-electron chi connectivity index (χ4n) is 4.67. The zero-order valence-electron chi connectivity index (χ0n) is 18.6. The molecule has 3 aromatic rings. The number of pyridine rings is 1. The monoisotopic (exact) mass is 450 g/mol. The number of halogens is 1. The van der Waals surface area contributed by atoms with Crippen molar-refractivity contribution < 1.29 is 23.4 Å². The Balaban J connectivity index is 1.27. The van der Waals surface area contributed by atoms with Crippen molar-refractivity contribution in [2.24, 2.45) is 0 Å². The molecule has 0 N–H and O–H groups in total. The van der Waals surface area contributed by atoms with Gasteiger partial charge < -0.3 is 19.1 Å². The van der Waals surface area contributed by atoms with Crippen LogP contribution in [-0.4, -0.2) is 54.8 Å². The summed E-state index contributed by atoms with van der Waals surface area (Å²) in [5.41, 5.74) is 2.21. The molecule has 5 rings (SSSR count). The van der Waals surface area contributed by atoms with Crippen LogP contribution in [0.5, 0.6) is 11.5 Å². The van der Waals surface area contributed by atoms with Crippen LogP contribution in [0.4, 0.5) is 4.39 Å². The van der Waals surface area contributed by atoms with Crippen LogP contribution in [-0.2, 0) is 9.53 Å². The van der Waals surface area contributed by atoms with Gasteiger partial charge in [-0.1, -0.05) is 18.2 Å². The molecule has 2 saturated heterocycles. The molecule has 2 aromatic carbocycles. The van der Waals surface area contributed by atoms with Crippen molar-refractivity contribution >= 4 is 16.8 Å². The molecule has 1 aromatic heterocycles. The predicted molar refractivity (Wildman–Crippen MR) is 123 cm³/mol. The van der Waals surface area contributed by atoms with Gasteiger partial charge >= 0.3 is 0 Å². The van der Waals surface area contributed by atoms with Crippen LogP contribution in [0.15, 0.2) is 48.7 Å². The maximum atomic E-state index is 15.0. The first-order valence-corrected chi connectivity index (χ1v) is 11.4. The van der Waals surface area contributed by atoms with Gasteiger partial charge in [-0.25, -0.2) is 4.39 Å². The average Bonchev–Trinajstić information content (AvgIpc) is 3.39. The lowest BCUT2D eigenvalue weighted by Crippen LogP contribution is -2.45. The molecule has 2 aliphatic rings. The van der Waals surface area contributed by atoms with Crippen molar-refractivity contribution in [2.45, 2.75) is 37.9 Å². The number of carbonyl (C=O) groups excluding carboxylic acids is 1. The second-order valence-corrected chi connectivity index (χ2v) is 8.51. The zero-order valence-corrected chi connectivity index (χ0v) is 18.6. The van der Waals surface area contributed by atoms with Crippen molar-refractivity contribution in [3.63, 3.8) is 0 Å². The molecular weight excluding hydrogens is 423 g/mol. The van der Waals surface area contributed by atoms with E-state index < -0.39 is 5.82 Å². The number of carbonyl (C=O) groups is 1. The molecule has 6 nitrogen and oxygen atoms in total. The molecule has 0 radical (unpaired) electrons. The number of likely N-dealkylation sites (tertiary alicyclic amines) is 1. The summed E-state index contributed by atoms with van der Waals surface area (Å²) in [6.07, 6.45) is 4.37. The third kappa shape index (κ3) is 4.37. The number of piperidine rings is 1. The summed E-state index contributed by atoms with van der Waals surface area (Å²) in [5, 5.41) is 0.961. The van der Waals surface area contributed by atoms with Crippen molar-refractivity contribution in [1.82, 2.24) is 9.88 Å². The minimum atomic E-state index is -0.423. The van der Waals surface area contributed by atoms with Crippen LogP contribution in [0.1, 0.15) is 25.7 Å². The summed E-state index contributed by atoms with van der Waals surface area (Å²) in [6, 6.07) is 12.7. The topological polar surface area (TPSA) is 60.9 Å². The molecule has 7 heteroatoms. The molecule has 0 bridgehead atoms. The number of aromatic nitrogens is 1. The normalized spacial score (nSPS) is 19.1. The highest BCUT2D eigenvalue weighted by Crippen LogP contribution is 2.37. The lowest BCUT2D eigenvalue weighted by molar-refractivity contribution is -0.142. The van der Waals surface area contributed by atoms with E-state index in [1.165, 1.54) is 6.07 Å². The lowest BCUT2D eigenvalue weighted by Gasteiger charge is -2.33. The van der Waals surface area contributed by atoms with Crippen molar-refractivity contribution in [1.29, 1.82) is 0 Å². The smallest absolute Gasteiger partial charge is 0.251 e. The molecule has 1 amide bonds. The fraction of sp³-hybridized carbons (Fsp3) is 0.385. The van der Waals surface area contributed by atoms with Crippen LogP contribution in [0.25, 0.3) is 22.0 Å². The summed E-state index contributed by atoms with van der Waals surface area (Å²) in [4.78, 5) is 18.8. The molecule has 33 heavy (non-hydrogen) atoms. The Kier molecular flexibility index (Phi) is 6.13. The Hall–Kier alpha value is -3.19. The Labute approximate surface area is 192 Å². The summed E-state index contributed by atoms with van der Waals surface area (Å²) < 4.78 is 32.1. The first-order valence-electron chi connectivity index (χ1n) is 11.4. The fourth-order valence-corrected chi connectivity index (χ4v) is 4.67. The highest BCUT2D eigenvalue weighted by Gasteiger charge is 2.31. The number of fused-ring (bicyclic) bond motifs is 1. The first-order chi connectivity index (χ1) is 16.1. The SMILES string of the molecule is COc1c(-c2ccc(OC3CCN(C(=O)[C@H]4CCCO4)CC3)c(F)c2)ccc2cccnc12. The van der Waals surface area contributed by atoms with Gasteiger partial charge in [0.2, 0.25) is 0 Å². The molecule has 0 unspecified atom stereocenters. The highest BCUT2D eigenvalue weighted by molar-refractivity contribution is 5.92. The van der Waals surface area contributed by atoms with Gasteiger partial charge in [-0.15, -0.1) is 0 Å². The number of benzene rings is 2. The number of amides is 1. The Morgan fingerprint density at radius 3 is 2.73 bits per heavy atom. The number of hydrogen-bond donors (Lipinski definition) is 0. The van der Waals surface area contributed by atoms with E-state index in [-0.39, 0.29) is 23.9 Å². The summed E-state index contributed by atoms with van der Waals surface area (Å²) in [5.74, 6) is 0.485. The molecule has 3 heterocycles. The van der Waals surface area contributed by atoms with Crippen LogP contribution in [0, 0.1) is 5.82 Å². The molecular formula is C26H27FN2O4. The average molecular weight is 451 g/mol. The second kappa shape index (κ2) is 9.35. The molecule has 172 valence electrons. The van der Waals surface area contributed by atoms with E-state index in [4.69, 9.17) is 14.2 Å². The number of rotatable bonds is 5. The maximum Gasteiger partial charge on any atom is 0.251 e. The number of nitrogens with zero attached hydrogens (tertiary/aromatic N) is 2. The van der Waals surface area contributed by atoms with Crippen LogP contribution < -0.4 is 9.47 Å². The third-order valence-electron chi connectivity index (χ3n) is 6.43. The van der Waals surface area contributed by atoms with Gasteiger partial charge in [-0.2, -0.15) is 0 Å². The largest absolute Gasteiger partial charge is 0.494 e. The van der Waals surface area contributed by atoms with Crippen LogP contribution in [0.2, 0.25) is 0 Å². The van der Waals surface area contributed by atoms with E-state index in [1.54, 1.807) is 19.4 Å². The van der Waals surface area contributed by atoms with Crippen molar-refractivity contribution in [2.75, 3.05) is 26.8 Å². The van der Waals surface area contributed by atoms with Gasteiger partial charge in [0.1, 0.15) is 17.7 Å². The van der Waals surface area contributed by atoms with Gasteiger partial charge in [-0.3, -0.25) is 9.78 Å². The van der Waals surface area contributed by atoms with Gasteiger partial charge in [0.05, 0.1) is 7.11 Å². The molecule has 0 aliphatic carbocycles. The van der Waals surface area contributed by atoms with E-state index >= 15 is 0 Å². The summed E-state index contributed by atoms with van der Waals surface area (Å²) >= 11 is 0.